The van der Waals surface area contributed by atoms with Gasteiger partial charge in [0.1, 0.15) is 5.75 Å². The van der Waals surface area contributed by atoms with Crippen molar-refractivity contribution in [2.75, 3.05) is 6.54 Å². The largest absolute Gasteiger partial charge is 0.461 e. The van der Waals surface area contributed by atoms with Crippen molar-refractivity contribution < 1.29 is 22.3 Å². The molecule has 0 aliphatic carbocycles. The van der Waals surface area contributed by atoms with Gasteiger partial charge < -0.3 is 16.2 Å². The van der Waals surface area contributed by atoms with Gasteiger partial charge in [-0.15, -0.1) is 0 Å². The number of nitrogens with two attached hydrogens (primary N) is 2. The molecule has 0 saturated heterocycles. The van der Waals surface area contributed by atoms with Gasteiger partial charge in [0.2, 0.25) is 0 Å². The highest BCUT2D eigenvalue weighted by Crippen LogP contribution is 2.33. The average Bonchev–Trinajstić information content (AvgIpc) is 2.39. The zero-order valence-electron chi connectivity index (χ0n) is 10.9. The Labute approximate surface area is 114 Å². The van der Waals surface area contributed by atoms with Crippen molar-refractivity contribution in [3.05, 3.63) is 29.8 Å². The lowest BCUT2D eigenvalue weighted by atomic mass is 10.0. The van der Waals surface area contributed by atoms with Gasteiger partial charge in [-0.3, -0.25) is 0 Å². The second-order valence-corrected chi connectivity index (χ2v) is 4.39. The van der Waals surface area contributed by atoms with Gasteiger partial charge in [0, 0.05) is 11.6 Å². The molecule has 1 aromatic rings. The second kappa shape index (κ2) is 7.44. The standard InChI is InChI=1S/C13H18F4N2O/c14-12(15)13(16,17)20-11-7-2-1-5-9(11)10(19)6-3-4-8-18/h1-2,5,7,10,12H,3-4,6,8,18-19H2/t10-/m0/s1. The fourth-order valence-corrected chi connectivity index (χ4v) is 1.74. The summed E-state index contributed by atoms with van der Waals surface area (Å²) in [7, 11) is 0. The van der Waals surface area contributed by atoms with Crippen molar-refractivity contribution >= 4 is 0 Å². The summed E-state index contributed by atoms with van der Waals surface area (Å²) in [4.78, 5) is 0. The Morgan fingerprint density at radius 3 is 2.40 bits per heavy atom. The number of alkyl halides is 4. The molecule has 0 heterocycles. The number of ether oxygens (including phenoxy) is 1. The molecule has 4 N–H and O–H groups in total. The molecule has 0 saturated carbocycles. The average molecular weight is 294 g/mol. The van der Waals surface area contributed by atoms with E-state index >= 15 is 0 Å². The fraction of sp³-hybridized carbons (Fsp3) is 0.538. The van der Waals surface area contributed by atoms with Crippen LogP contribution in [0.4, 0.5) is 17.6 Å². The summed E-state index contributed by atoms with van der Waals surface area (Å²) < 4.78 is 54.4. The molecule has 0 radical (unpaired) electrons. The Balaban J connectivity index is 2.82. The first-order chi connectivity index (χ1) is 9.38. The fourth-order valence-electron chi connectivity index (χ4n) is 1.74. The van der Waals surface area contributed by atoms with E-state index in [1.165, 1.54) is 18.2 Å². The van der Waals surface area contributed by atoms with E-state index in [4.69, 9.17) is 11.5 Å². The highest BCUT2D eigenvalue weighted by molar-refractivity contribution is 5.36. The predicted octanol–water partition coefficient (Wildman–Crippen LogP) is 3.05. The van der Waals surface area contributed by atoms with Gasteiger partial charge in [-0.2, -0.15) is 17.6 Å². The molecule has 0 amide bonds. The molecule has 0 aliphatic rings. The Hall–Kier alpha value is -1.34. The molecule has 0 spiro atoms. The summed E-state index contributed by atoms with van der Waals surface area (Å²) in [6.45, 7) is 0.508. The lowest BCUT2D eigenvalue weighted by Crippen LogP contribution is -2.34. The number of hydrogen-bond acceptors (Lipinski definition) is 3. The molecule has 114 valence electrons. The smallest absolute Gasteiger partial charge is 0.428 e. The second-order valence-electron chi connectivity index (χ2n) is 4.39. The summed E-state index contributed by atoms with van der Waals surface area (Å²) in [6.07, 6.45) is -6.45. The lowest BCUT2D eigenvalue weighted by molar-refractivity contribution is -0.253. The minimum absolute atomic E-state index is 0.282. The molecule has 7 heteroatoms. The maximum atomic E-state index is 13.0. The van der Waals surface area contributed by atoms with Crippen molar-refractivity contribution in [3.8, 4) is 5.75 Å². The Morgan fingerprint density at radius 1 is 1.15 bits per heavy atom. The van der Waals surface area contributed by atoms with E-state index in [0.29, 0.717) is 13.0 Å². The van der Waals surface area contributed by atoms with Gasteiger partial charge in [-0.25, -0.2) is 0 Å². The van der Waals surface area contributed by atoms with Crippen molar-refractivity contribution in [2.45, 2.75) is 37.8 Å². The first kappa shape index (κ1) is 16.7. The summed E-state index contributed by atoms with van der Waals surface area (Å²) in [5.74, 6) is -0.321. The summed E-state index contributed by atoms with van der Waals surface area (Å²) in [5, 5.41) is 0. The SMILES string of the molecule is NCCCC[C@H](N)c1ccccc1OC(F)(F)C(F)F. The third-order valence-electron chi connectivity index (χ3n) is 2.79. The minimum atomic E-state index is -4.53. The van der Waals surface area contributed by atoms with Crippen LogP contribution in [0.3, 0.4) is 0 Å². The Morgan fingerprint density at radius 2 is 1.80 bits per heavy atom. The van der Waals surface area contributed by atoms with Crippen molar-refractivity contribution in [1.29, 1.82) is 0 Å². The third kappa shape index (κ3) is 4.64. The molecular weight excluding hydrogens is 276 g/mol. The summed E-state index contributed by atoms with van der Waals surface area (Å²) >= 11 is 0. The maximum Gasteiger partial charge on any atom is 0.461 e. The molecule has 0 bridgehead atoms. The van der Waals surface area contributed by atoms with Crippen LogP contribution < -0.4 is 16.2 Å². The van der Waals surface area contributed by atoms with Gasteiger partial charge >= 0.3 is 12.5 Å². The van der Waals surface area contributed by atoms with Crippen LogP contribution in [0.25, 0.3) is 0 Å². The number of unbranched alkanes of at least 4 members (excludes halogenated alkanes) is 1. The molecule has 1 atom stereocenters. The van der Waals surface area contributed by atoms with Crippen LogP contribution in [-0.4, -0.2) is 19.1 Å². The van der Waals surface area contributed by atoms with Crippen LogP contribution in [0.5, 0.6) is 5.75 Å². The number of hydrogen-bond donors (Lipinski definition) is 2. The van der Waals surface area contributed by atoms with E-state index in [1.807, 2.05) is 0 Å². The highest BCUT2D eigenvalue weighted by Gasteiger charge is 2.44. The van der Waals surface area contributed by atoms with Crippen LogP contribution in [-0.2, 0) is 0 Å². The van der Waals surface area contributed by atoms with Crippen molar-refractivity contribution in [3.63, 3.8) is 0 Å². The van der Waals surface area contributed by atoms with Gasteiger partial charge in [-0.1, -0.05) is 24.6 Å². The van der Waals surface area contributed by atoms with Crippen LogP contribution in [0.15, 0.2) is 24.3 Å². The van der Waals surface area contributed by atoms with Gasteiger partial charge in [-0.05, 0) is 25.5 Å². The van der Waals surface area contributed by atoms with E-state index in [0.717, 1.165) is 12.8 Å². The number of halogens is 4. The third-order valence-corrected chi connectivity index (χ3v) is 2.79. The Bertz CT molecular complexity index is 415. The first-order valence-corrected chi connectivity index (χ1v) is 6.28. The highest BCUT2D eigenvalue weighted by atomic mass is 19.3. The topological polar surface area (TPSA) is 61.3 Å². The molecule has 0 fully saturated rings. The lowest BCUT2D eigenvalue weighted by Gasteiger charge is -2.21. The molecule has 1 aromatic carbocycles. The number of rotatable bonds is 8. The normalized spacial score (nSPS) is 13.6. The number of benzene rings is 1. The van der Waals surface area contributed by atoms with E-state index in [1.54, 1.807) is 6.07 Å². The van der Waals surface area contributed by atoms with E-state index < -0.39 is 18.6 Å². The summed E-state index contributed by atoms with van der Waals surface area (Å²) in [5.41, 5.74) is 11.5. The quantitative estimate of drug-likeness (QED) is 0.572. The van der Waals surface area contributed by atoms with Crippen molar-refractivity contribution in [2.24, 2.45) is 11.5 Å². The van der Waals surface area contributed by atoms with E-state index in [9.17, 15) is 17.6 Å². The van der Waals surface area contributed by atoms with Gasteiger partial charge in [0.05, 0.1) is 0 Å². The number of para-hydroxylation sites is 1. The van der Waals surface area contributed by atoms with Crippen molar-refractivity contribution in [1.82, 2.24) is 0 Å². The van der Waals surface area contributed by atoms with Crippen LogP contribution >= 0.6 is 0 Å². The molecule has 1 rings (SSSR count). The minimum Gasteiger partial charge on any atom is -0.428 e. The van der Waals surface area contributed by atoms with Crippen LogP contribution in [0, 0.1) is 0 Å². The molecular formula is C13H18F4N2O. The molecule has 0 aliphatic heterocycles. The molecule has 0 aromatic heterocycles. The monoisotopic (exact) mass is 294 g/mol. The molecule has 20 heavy (non-hydrogen) atoms. The molecule has 3 nitrogen and oxygen atoms in total. The first-order valence-electron chi connectivity index (χ1n) is 6.28. The maximum absolute atomic E-state index is 13.0. The van der Waals surface area contributed by atoms with E-state index in [2.05, 4.69) is 4.74 Å². The van der Waals surface area contributed by atoms with Gasteiger partial charge in [0.25, 0.3) is 0 Å². The summed E-state index contributed by atoms with van der Waals surface area (Å²) in [6, 6.07) is 5.14. The van der Waals surface area contributed by atoms with E-state index in [-0.39, 0.29) is 11.3 Å². The Kier molecular flexibility index (Phi) is 6.22. The zero-order valence-corrected chi connectivity index (χ0v) is 10.9. The van der Waals surface area contributed by atoms with Gasteiger partial charge in [0.15, 0.2) is 0 Å². The predicted molar refractivity (Wildman–Crippen MR) is 67.9 cm³/mol. The molecule has 0 unspecified atom stereocenters. The zero-order chi connectivity index (χ0) is 15.2. The van der Waals surface area contributed by atoms with Crippen LogP contribution in [0.2, 0.25) is 0 Å². The van der Waals surface area contributed by atoms with Crippen LogP contribution in [0.1, 0.15) is 30.9 Å².